The molecular weight excluding hydrogens is 1440 g/mol. The van der Waals surface area contributed by atoms with Crippen molar-refractivity contribution in [2.45, 2.75) is 0 Å². The van der Waals surface area contributed by atoms with Crippen molar-refractivity contribution in [1.82, 2.24) is 53.6 Å². The Hall–Kier alpha value is -16.2. The standard InChI is InChI=1S/C39H25N3.C36H21N5.C31H18N4/c1-3-10-29(11-4-1)41(30-12-5-2-6-13-30)31-17-19-32(20-18-31)42-35-24-28-15-14-26-8-7-9-27-16-21-34(38(28)37(26)27)39(35)33-22-23-40-25-36(33)42;1-3-8-24(9-4-1)34-38-35(25-10-5-2-6-11-25)40-36(39-34)41-29-20-26-15-14-22-12-7-13-23-16-17-28(32(26)31(22)23)33(29)27-18-19-37-21-30(27)41;1-3-20-7-8-22-17-26-31(24-10-9-21(4-1)29(20)30(22)24)23-13-16-33-18-27(23)35(26)28-6-2-5-25(34-28)19-11-14-32-15-12-19/h1-25H;1-21H;1-18H. The Labute approximate surface area is 674 Å². The number of para-hydroxylation sites is 2. The normalized spacial score (nSPS) is 11.9. The highest BCUT2D eigenvalue weighted by molar-refractivity contribution is 6.36. The minimum atomic E-state index is 0.568. The maximum absolute atomic E-state index is 5.07. The van der Waals surface area contributed by atoms with Crippen LogP contribution >= 0.6 is 0 Å². The first kappa shape index (κ1) is 66.4. The molecule has 0 bridgehead atoms. The number of fused-ring (bicyclic) bond motifs is 12. The summed E-state index contributed by atoms with van der Waals surface area (Å²) in [5.74, 6) is 2.70. The number of benzene rings is 17. The van der Waals surface area contributed by atoms with E-state index in [0.717, 1.165) is 83.9 Å². The number of pyridine rings is 5. The molecule has 26 rings (SSSR count). The Kier molecular flexibility index (Phi) is 15.1. The van der Waals surface area contributed by atoms with Gasteiger partial charge in [-0.15, -0.1) is 0 Å². The maximum Gasteiger partial charge on any atom is 0.238 e. The van der Waals surface area contributed by atoms with Gasteiger partial charge in [-0.05, 0) is 206 Å². The molecule has 548 valence electrons. The van der Waals surface area contributed by atoms with Crippen molar-refractivity contribution in [1.29, 1.82) is 0 Å². The topological polar surface area (TPSA) is 121 Å². The maximum atomic E-state index is 5.07. The molecule has 0 unspecified atom stereocenters. The van der Waals surface area contributed by atoms with E-state index in [2.05, 4.69) is 299 Å². The van der Waals surface area contributed by atoms with Gasteiger partial charge in [-0.1, -0.05) is 231 Å². The summed E-state index contributed by atoms with van der Waals surface area (Å²) >= 11 is 0. The molecule has 0 aliphatic heterocycles. The Morgan fingerprint density at radius 3 is 1.03 bits per heavy atom. The first-order chi connectivity index (χ1) is 58.5. The van der Waals surface area contributed by atoms with E-state index >= 15 is 0 Å². The third-order valence-electron chi connectivity index (χ3n) is 23.8. The first-order valence-corrected chi connectivity index (χ1v) is 39.7. The van der Waals surface area contributed by atoms with Gasteiger partial charge in [-0.25, -0.2) is 9.97 Å². The molecule has 0 aliphatic carbocycles. The zero-order chi connectivity index (χ0) is 77.5. The summed E-state index contributed by atoms with van der Waals surface area (Å²) in [5.41, 5.74) is 14.8. The second-order valence-electron chi connectivity index (χ2n) is 30.2. The fraction of sp³-hybridized carbons (Fsp3) is 0. The smallest absolute Gasteiger partial charge is 0.238 e. The van der Waals surface area contributed by atoms with E-state index in [-0.39, 0.29) is 0 Å². The summed E-state index contributed by atoms with van der Waals surface area (Å²) in [7, 11) is 0. The van der Waals surface area contributed by atoms with Gasteiger partial charge in [0, 0.05) is 103 Å². The number of nitrogens with zero attached hydrogens (tertiary/aromatic N) is 12. The number of anilines is 3. The van der Waals surface area contributed by atoms with Crippen LogP contribution in [0.3, 0.4) is 0 Å². The Balaban J connectivity index is 0.000000102. The van der Waals surface area contributed by atoms with E-state index in [9.17, 15) is 0 Å². The molecule has 26 aromatic rings. The molecule has 0 saturated carbocycles. The Morgan fingerprint density at radius 1 is 0.212 bits per heavy atom. The summed E-state index contributed by atoms with van der Waals surface area (Å²) < 4.78 is 6.76. The molecular formula is C106H64N12. The zero-order valence-corrected chi connectivity index (χ0v) is 63.3. The lowest BCUT2D eigenvalue weighted by Gasteiger charge is -2.25. The summed E-state index contributed by atoms with van der Waals surface area (Å²) in [6.45, 7) is 0. The molecule has 0 radical (unpaired) electrons. The molecule has 0 N–H and O–H groups in total. The fourth-order valence-corrected chi connectivity index (χ4v) is 18.7. The lowest BCUT2D eigenvalue weighted by molar-refractivity contribution is 0.952. The van der Waals surface area contributed by atoms with E-state index < -0.39 is 0 Å². The van der Waals surface area contributed by atoms with Gasteiger partial charge in [0.05, 0.1) is 57.4 Å². The molecule has 0 atom stereocenters. The van der Waals surface area contributed by atoms with Crippen LogP contribution in [0.2, 0.25) is 0 Å². The SMILES string of the molecule is c1cc(-c2ccncc2)nc(-n2c3cnccc3c3c4ccc5cccc6ccc(cc32)c4c65)c1.c1ccc(-c2nc(-c3ccccc3)nc(-n3c4cnccc4c4c5ccc6cccc7ccc(cc43)c5c76)n2)cc1.c1ccc(N(c2ccccc2)c2ccc(-n3c4cnccc4c4c5ccc6cccc7ccc(cc43)c5c76)cc2)cc1. The van der Waals surface area contributed by atoms with Crippen molar-refractivity contribution >= 4 is 179 Å². The van der Waals surface area contributed by atoms with Crippen molar-refractivity contribution < 1.29 is 0 Å². The molecule has 17 aromatic carbocycles. The van der Waals surface area contributed by atoms with Crippen molar-refractivity contribution in [3.8, 4) is 51.5 Å². The van der Waals surface area contributed by atoms with E-state index in [1.165, 1.54) is 129 Å². The molecule has 9 heterocycles. The summed E-state index contributed by atoms with van der Waals surface area (Å²) in [6, 6.07) is 120. The van der Waals surface area contributed by atoms with Crippen molar-refractivity contribution in [2.75, 3.05) is 4.90 Å². The summed E-state index contributed by atoms with van der Waals surface area (Å²) in [5, 5.41) is 30.2. The van der Waals surface area contributed by atoms with Gasteiger partial charge in [0.2, 0.25) is 5.95 Å². The lowest BCUT2D eigenvalue weighted by atomic mass is 9.92. The van der Waals surface area contributed by atoms with Gasteiger partial charge in [0.1, 0.15) is 5.82 Å². The quantitative estimate of drug-likeness (QED) is 0.130. The van der Waals surface area contributed by atoms with Crippen LogP contribution in [0, 0.1) is 0 Å². The molecule has 0 amide bonds. The summed E-state index contributed by atoms with van der Waals surface area (Å²) in [4.78, 5) is 40.1. The van der Waals surface area contributed by atoms with Crippen molar-refractivity contribution in [3.63, 3.8) is 0 Å². The van der Waals surface area contributed by atoms with Crippen LogP contribution in [0.15, 0.2) is 389 Å². The van der Waals surface area contributed by atoms with Gasteiger partial charge in [0.25, 0.3) is 0 Å². The summed E-state index contributed by atoms with van der Waals surface area (Å²) in [6.07, 6.45) is 15.1. The second-order valence-corrected chi connectivity index (χ2v) is 30.2. The highest BCUT2D eigenvalue weighted by Crippen LogP contribution is 2.48. The van der Waals surface area contributed by atoms with Gasteiger partial charge >= 0.3 is 0 Å². The van der Waals surface area contributed by atoms with E-state index in [1.54, 1.807) is 12.4 Å². The van der Waals surface area contributed by atoms with Crippen LogP contribution in [0.25, 0.3) is 214 Å². The zero-order valence-electron chi connectivity index (χ0n) is 63.3. The van der Waals surface area contributed by atoms with Crippen LogP contribution in [-0.4, -0.2) is 53.6 Å². The van der Waals surface area contributed by atoms with Crippen LogP contribution < -0.4 is 4.90 Å². The second kappa shape index (κ2) is 26.7. The molecule has 118 heavy (non-hydrogen) atoms. The van der Waals surface area contributed by atoms with Gasteiger partial charge in [-0.2, -0.15) is 9.97 Å². The van der Waals surface area contributed by atoms with Crippen LogP contribution in [0.4, 0.5) is 17.1 Å². The van der Waals surface area contributed by atoms with Crippen molar-refractivity contribution in [3.05, 3.63) is 389 Å². The number of aromatic nitrogens is 11. The highest BCUT2D eigenvalue weighted by atomic mass is 15.2. The van der Waals surface area contributed by atoms with E-state index in [0.29, 0.717) is 17.6 Å². The molecule has 0 fully saturated rings. The predicted octanol–water partition coefficient (Wildman–Crippen LogP) is 26.7. The Bertz CT molecular complexity index is 8280. The number of hydrogen-bond acceptors (Lipinski definition) is 9. The number of hydrogen-bond donors (Lipinski definition) is 0. The third kappa shape index (κ3) is 10.5. The van der Waals surface area contributed by atoms with Crippen LogP contribution in [-0.2, 0) is 0 Å². The minimum absolute atomic E-state index is 0.568. The highest BCUT2D eigenvalue weighted by Gasteiger charge is 2.26. The largest absolute Gasteiger partial charge is 0.311 e. The molecule has 0 spiro atoms. The average molecular weight is 1510 g/mol. The lowest BCUT2D eigenvalue weighted by Crippen LogP contribution is -2.09. The average Bonchev–Trinajstić information content (AvgIpc) is 1.50. The first-order valence-electron chi connectivity index (χ1n) is 39.7. The third-order valence-corrected chi connectivity index (χ3v) is 23.8. The molecule has 12 nitrogen and oxygen atoms in total. The fourth-order valence-electron chi connectivity index (χ4n) is 18.7. The number of rotatable bonds is 9. The van der Waals surface area contributed by atoms with Crippen LogP contribution in [0.5, 0.6) is 0 Å². The molecule has 9 aromatic heterocycles. The van der Waals surface area contributed by atoms with E-state index in [4.69, 9.17) is 19.9 Å². The molecule has 12 heteroatoms. The predicted molar refractivity (Wildman–Crippen MR) is 487 cm³/mol. The Morgan fingerprint density at radius 2 is 0.576 bits per heavy atom. The monoisotopic (exact) mass is 1500 g/mol. The van der Waals surface area contributed by atoms with E-state index in [1.807, 2.05) is 116 Å². The van der Waals surface area contributed by atoms with Gasteiger partial charge in [-0.3, -0.25) is 29.1 Å². The van der Waals surface area contributed by atoms with Gasteiger partial charge in [0.15, 0.2) is 11.6 Å². The minimum Gasteiger partial charge on any atom is -0.311 e. The van der Waals surface area contributed by atoms with Crippen LogP contribution in [0.1, 0.15) is 0 Å². The van der Waals surface area contributed by atoms with Crippen molar-refractivity contribution in [2.24, 2.45) is 0 Å². The molecule has 0 aliphatic rings. The van der Waals surface area contributed by atoms with Gasteiger partial charge < -0.3 is 9.47 Å². The molecule has 0 saturated heterocycles.